The lowest BCUT2D eigenvalue weighted by Gasteiger charge is -2.15. The number of aryl methyl sites for hydroxylation is 1. The van der Waals surface area contributed by atoms with E-state index in [1.54, 1.807) is 27.5 Å². The van der Waals surface area contributed by atoms with Crippen LogP contribution in [-0.2, 0) is 13.5 Å². The van der Waals surface area contributed by atoms with Crippen LogP contribution < -0.4 is 19.5 Å². The van der Waals surface area contributed by atoms with Crippen LogP contribution in [0.4, 0.5) is 5.69 Å². The van der Waals surface area contributed by atoms with Crippen LogP contribution in [0.15, 0.2) is 24.5 Å². The van der Waals surface area contributed by atoms with Crippen molar-refractivity contribution in [2.75, 3.05) is 33.2 Å². The molecule has 0 amide bonds. The number of imidazole rings is 1. The van der Waals surface area contributed by atoms with Gasteiger partial charge in [-0.3, -0.25) is 0 Å². The molecule has 0 aliphatic carbocycles. The molecule has 2 rings (SSSR count). The Balaban J connectivity index is 2.08. The average Bonchev–Trinajstić information content (AvgIpc) is 2.91. The highest BCUT2D eigenvalue weighted by atomic mass is 16.5. The molecule has 114 valence electrons. The van der Waals surface area contributed by atoms with Crippen molar-refractivity contribution in [1.29, 1.82) is 0 Å². The number of nitrogens with zero attached hydrogens (tertiary/aromatic N) is 2. The van der Waals surface area contributed by atoms with E-state index in [0.717, 1.165) is 24.5 Å². The summed E-state index contributed by atoms with van der Waals surface area (Å²) in [6, 6.07) is 3.78. The van der Waals surface area contributed by atoms with E-state index in [4.69, 9.17) is 14.2 Å². The van der Waals surface area contributed by atoms with E-state index in [1.807, 2.05) is 29.9 Å². The average molecular weight is 291 g/mol. The highest BCUT2D eigenvalue weighted by molar-refractivity contribution is 5.62. The molecule has 0 fully saturated rings. The fraction of sp³-hybridized carbons (Fsp3) is 0.400. The third-order valence-electron chi connectivity index (χ3n) is 3.26. The van der Waals surface area contributed by atoms with E-state index >= 15 is 0 Å². The van der Waals surface area contributed by atoms with Crippen LogP contribution in [0.3, 0.4) is 0 Å². The first-order chi connectivity index (χ1) is 10.2. The SMILES string of the molecule is COc1cc(NCCc2nccn2C)cc(OC)c1OC. The predicted molar refractivity (Wildman–Crippen MR) is 81.5 cm³/mol. The second-order valence-corrected chi connectivity index (χ2v) is 4.55. The zero-order valence-corrected chi connectivity index (χ0v) is 12.8. The summed E-state index contributed by atoms with van der Waals surface area (Å²) >= 11 is 0. The first kappa shape index (κ1) is 15.0. The van der Waals surface area contributed by atoms with E-state index in [9.17, 15) is 0 Å². The molecule has 21 heavy (non-hydrogen) atoms. The lowest BCUT2D eigenvalue weighted by Crippen LogP contribution is -2.09. The van der Waals surface area contributed by atoms with Crippen LogP contribution in [0.2, 0.25) is 0 Å². The molecule has 0 atom stereocenters. The van der Waals surface area contributed by atoms with E-state index < -0.39 is 0 Å². The monoisotopic (exact) mass is 291 g/mol. The topological polar surface area (TPSA) is 57.5 Å². The molecular formula is C15H21N3O3. The van der Waals surface area contributed by atoms with Gasteiger partial charge in [0.2, 0.25) is 5.75 Å². The van der Waals surface area contributed by atoms with Gasteiger partial charge in [-0.1, -0.05) is 0 Å². The number of methoxy groups -OCH3 is 3. The smallest absolute Gasteiger partial charge is 0.203 e. The second-order valence-electron chi connectivity index (χ2n) is 4.55. The number of benzene rings is 1. The number of aromatic nitrogens is 2. The molecule has 0 aliphatic rings. The van der Waals surface area contributed by atoms with Crippen LogP contribution in [-0.4, -0.2) is 37.4 Å². The van der Waals surface area contributed by atoms with Crippen LogP contribution in [0, 0.1) is 0 Å². The molecule has 1 aromatic heterocycles. The minimum atomic E-state index is 0.592. The van der Waals surface area contributed by atoms with E-state index in [0.29, 0.717) is 17.2 Å². The highest BCUT2D eigenvalue weighted by Gasteiger charge is 2.13. The van der Waals surface area contributed by atoms with Crippen molar-refractivity contribution in [1.82, 2.24) is 9.55 Å². The molecule has 1 aromatic carbocycles. The fourth-order valence-electron chi connectivity index (χ4n) is 2.14. The van der Waals surface area contributed by atoms with Gasteiger partial charge in [-0.25, -0.2) is 4.98 Å². The molecule has 6 nitrogen and oxygen atoms in total. The van der Waals surface area contributed by atoms with Crippen molar-refractivity contribution < 1.29 is 14.2 Å². The maximum Gasteiger partial charge on any atom is 0.203 e. The van der Waals surface area contributed by atoms with Gasteiger partial charge in [0, 0.05) is 50.2 Å². The summed E-state index contributed by atoms with van der Waals surface area (Å²) in [5.41, 5.74) is 0.915. The Labute approximate surface area is 124 Å². The van der Waals surface area contributed by atoms with Gasteiger partial charge in [0.1, 0.15) is 5.82 Å². The van der Waals surface area contributed by atoms with Gasteiger partial charge in [-0.15, -0.1) is 0 Å². The van der Waals surface area contributed by atoms with Gasteiger partial charge in [0.05, 0.1) is 21.3 Å². The Bertz CT molecular complexity index is 571. The number of nitrogens with one attached hydrogen (secondary N) is 1. The van der Waals surface area contributed by atoms with Crippen LogP contribution in [0.5, 0.6) is 17.2 Å². The highest BCUT2D eigenvalue weighted by Crippen LogP contribution is 2.39. The van der Waals surface area contributed by atoms with Crippen LogP contribution in [0.25, 0.3) is 0 Å². The summed E-state index contributed by atoms with van der Waals surface area (Å²) in [6.45, 7) is 0.767. The molecule has 0 unspecified atom stereocenters. The Morgan fingerprint density at radius 1 is 1.10 bits per heavy atom. The van der Waals surface area contributed by atoms with Crippen LogP contribution >= 0.6 is 0 Å². The molecule has 0 spiro atoms. The molecular weight excluding hydrogens is 270 g/mol. The summed E-state index contributed by atoms with van der Waals surface area (Å²) in [6.07, 6.45) is 4.57. The van der Waals surface area contributed by atoms with Crippen molar-refractivity contribution in [3.8, 4) is 17.2 Å². The molecule has 0 saturated carbocycles. The molecule has 2 aromatic rings. The van der Waals surface area contributed by atoms with Gasteiger partial charge in [0.25, 0.3) is 0 Å². The number of ether oxygens (including phenoxy) is 3. The third kappa shape index (κ3) is 3.39. The molecule has 0 saturated heterocycles. The second kappa shape index (κ2) is 6.88. The fourth-order valence-corrected chi connectivity index (χ4v) is 2.14. The maximum absolute atomic E-state index is 5.33. The van der Waals surface area contributed by atoms with Gasteiger partial charge in [-0.2, -0.15) is 0 Å². The normalized spacial score (nSPS) is 10.3. The van der Waals surface area contributed by atoms with Crippen LogP contribution in [0.1, 0.15) is 5.82 Å². The summed E-state index contributed by atoms with van der Waals surface area (Å²) < 4.78 is 18.0. The summed E-state index contributed by atoms with van der Waals surface area (Å²) in [7, 11) is 6.79. The number of rotatable bonds is 7. The summed E-state index contributed by atoms with van der Waals surface area (Å²) in [5, 5.41) is 3.34. The standard InChI is InChI=1S/C15H21N3O3/c1-18-8-7-17-14(18)5-6-16-11-9-12(19-2)15(21-4)13(10-11)20-3/h7-10,16H,5-6H2,1-4H3. The molecule has 0 aliphatic heterocycles. The minimum Gasteiger partial charge on any atom is -0.493 e. The largest absolute Gasteiger partial charge is 0.493 e. The van der Waals surface area contributed by atoms with E-state index in [1.165, 1.54) is 0 Å². The summed E-state index contributed by atoms with van der Waals surface area (Å²) in [5.74, 6) is 2.90. The Hall–Kier alpha value is -2.37. The van der Waals surface area contributed by atoms with Crippen molar-refractivity contribution in [3.05, 3.63) is 30.4 Å². The lowest BCUT2D eigenvalue weighted by atomic mass is 10.2. The first-order valence-electron chi connectivity index (χ1n) is 6.69. The lowest BCUT2D eigenvalue weighted by molar-refractivity contribution is 0.324. The van der Waals surface area contributed by atoms with Crippen molar-refractivity contribution in [2.24, 2.45) is 7.05 Å². The maximum atomic E-state index is 5.33. The number of anilines is 1. The van der Waals surface area contributed by atoms with Gasteiger partial charge >= 0.3 is 0 Å². The Kier molecular flexibility index (Phi) is 4.92. The molecule has 1 heterocycles. The summed E-state index contributed by atoms with van der Waals surface area (Å²) in [4.78, 5) is 4.30. The Morgan fingerprint density at radius 3 is 2.24 bits per heavy atom. The minimum absolute atomic E-state index is 0.592. The zero-order valence-electron chi connectivity index (χ0n) is 12.8. The van der Waals surface area contributed by atoms with Gasteiger partial charge < -0.3 is 24.1 Å². The van der Waals surface area contributed by atoms with Gasteiger partial charge in [0.15, 0.2) is 11.5 Å². The molecule has 0 bridgehead atoms. The quantitative estimate of drug-likeness (QED) is 0.846. The molecule has 0 radical (unpaired) electrons. The third-order valence-corrected chi connectivity index (χ3v) is 3.26. The van der Waals surface area contributed by atoms with Crippen molar-refractivity contribution in [2.45, 2.75) is 6.42 Å². The molecule has 6 heteroatoms. The zero-order chi connectivity index (χ0) is 15.2. The van der Waals surface area contributed by atoms with Crippen molar-refractivity contribution in [3.63, 3.8) is 0 Å². The van der Waals surface area contributed by atoms with Gasteiger partial charge in [-0.05, 0) is 0 Å². The number of hydrogen-bond donors (Lipinski definition) is 1. The van der Waals surface area contributed by atoms with Crippen molar-refractivity contribution >= 4 is 5.69 Å². The van der Waals surface area contributed by atoms with E-state index in [-0.39, 0.29) is 0 Å². The Morgan fingerprint density at radius 2 is 1.76 bits per heavy atom. The first-order valence-corrected chi connectivity index (χ1v) is 6.69. The van der Waals surface area contributed by atoms with E-state index in [2.05, 4.69) is 10.3 Å². The number of hydrogen-bond acceptors (Lipinski definition) is 5. The molecule has 1 N–H and O–H groups in total. The predicted octanol–water partition coefficient (Wildman–Crippen LogP) is 2.10.